The maximum absolute atomic E-state index is 13.5. The Hall–Kier alpha value is -1.83. The molecule has 0 unspecified atom stereocenters. The van der Waals surface area contributed by atoms with Crippen LogP contribution in [0.4, 0.5) is 8.78 Å². The monoisotopic (exact) mass is 420 g/mol. The van der Waals surface area contributed by atoms with E-state index >= 15 is 0 Å². The van der Waals surface area contributed by atoms with E-state index in [1.165, 1.54) is 5.56 Å². The molecule has 0 aromatic heterocycles. The second-order valence-electron chi connectivity index (χ2n) is 8.04. The van der Waals surface area contributed by atoms with Crippen LogP contribution in [0, 0.1) is 11.6 Å². The van der Waals surface area contributed by atoms with E-state index in [-0.39, 0.29) is 10.9 Å². The molecule has 7 heteroatoms. The van der Waals surface area contributed by atoms with Crippen LogP contribution in [-0.2, 0) is 16.4 Å². The zero-order chi connectivity index (χ0) is 20.4. The standard InChI is InChI=1S/C22H26F2N2O2S/c23-18-12-19(24)14-22(13-18)29(27,28)21-7-6-20(15-21)26-10-8-25(9-11-26)16-17-4-2-1-3-5-17/h1-5,12-14,20-21H,6-11,15-16H2/t20-,21-/m1/s1. The fraction of sp³-hybridized carbons (Fsp3) is 0.455. The fourth-order valence-corrected chi connectivity index (χ4v) is 6.40. The van der Waals surface area contributed by atoms with Crippen molar-refractivity contribution in [3.63, 3.8) is 0 Å². The van der Waals surface area contributed by atoms with E-state index in [1.807, 2.05) is 6.07 Å². The SMILES string of the molecule is O=S(=O)(c1cc(F)cc(F)c1)[C@@H]1CC[C@@H](N2CCN(Cc3ccccc3)CC2)C1. The van der Waals surface area contributed by atoms with Crippen molar-refractivity contribution in [2.75, 3.05) is 26.2 Å². The second-order valence-corrected chi connectivity index (χ2v) is 10.3. The topological polar surface area (TPSA) is 40.6 Å². The third-order valence-corrected chi connectivity index (χ3v) is 8.33. The van der Waals surface area contributed by atoms with E-state index in [4.69, 9.17) is 0 Å². The van der Waals surface area contributed by atoms with Gasteiger partial charge in [0.15, 0.2) is 9.84 Å². The van der Waals surface area contributed by atoms with E-state index in [1.54, 1.807) is 0 Å². The molecular formula is C22H26F2N2O2S. The molecule has 2 aromatic carbocycles. The summed E-state index contributed by atoms with van der Waals surface area (Å²) >= 11 is 0. The number of sulfone groups is 1. The van der Waals surface area contributed by atoms with Gasteiger partial charge in [-0.3, -0.25) is 9.80 Å². The second kappa shape index (κ2) is 8.50. The van der Waals surface area contributed by atoms with Gasteiger partial charge in [0.1, 0.15) is 11.6 Å². The summed E-state index contributed by atoms with van der Waals surface area (Å²) in [6, 6.07) is 13.1. The van der Waals surface area contributed by atoms with Crippen molar-refractivity contribution in [3.8, 4) is 0 Å². The van der Waals surface area contributed by atoms with Crippen LogP contribution >= 0.6 is 0 Å². The Morgan fingerprint density at radius 2 is 1.55 bits per heavy atom. The Labute approximate surface area is 171 Å². The zero-order valence-electron chi connectivity index (χ0n) is 16.3. The lowest BCUT2D eigenvalue weighted by Gasteiger charge is -2.38. The maximum atomic E-state index is 13.5. The molecule has 156 valence electrons. The van der Waals surface area contributed by atoms with Crippen LogP contribution < -0.4 is 0 Å². The van der Waals surface area contributed by atoms with E-state index in [9.17, 15) is 17.2 Å². The highest BCUT2D eigenvalue weighted by atomic mass is 32.2. The molecule has 4 nitrogen and oxygen atoms in total. The lowest BCUT2D eigenvalue weighted by atomic mass is 10.1. The van der Waals surface area contributed by atoms with Crippen LogP contribution in [0.2, 0.25) is 0 Å². The molecule has 0 N–H and O–H groups in total. The molecule has 2 atom stereocenters. The first-order chi connectivity index (χ1) is 13.9. The van der Waals surface area contributed by atoms with Crippen LogP contribution in [-0.4, -0.2) is 55.7 Å². The van der Waals surface area contributed by atoms with Crippen molar-refractivity contribution in [2.24, 2.45) is 0 Å². The van der Waals surface area contributed by atoms with Crippen LogP contribution in [0.25, 0.3) is 0 Å². The molecule has 1 heterocycles. The molecule has 1 aliphatic heterocycles. The van der Waals surface area contributed by atoms with Crippen LogP contribution in [0.5, 0.6) is 0 Å². The summed E-state index contributed by atoms with van der Waals surface area (Å²) in [6.07, 6.45) is 1.87. The van der Waals surface area contributed by atoms with Gasteiger partial charge in [-0.1, -0.05) is 30.3 Å². The van der Waals surface area contributed by atoms with Crippen molar-refractivity contribution >= 4 is 9.84 Å². The summed E-state index contributed by atoms with van der Waals surface area (Å²) in [5.41, 5.74) is 1.30. The fourth-order valence-electron chi connectivity index (χ4n) is 4.54. The Morgan fingerprint density at radius 1 is 0.897 bits per heavy atom. The van der Waals surface area contributed by atoms with Gasteiger partial charge in [-0.2, -0.15) is 0 Å². The Bertz CT molecular complexity index is 924. The predicted molar refractivity (Wildman–Crippen MR) is 108 cm³/mol. The first-order valence-corrected chi connectivity index (χ1v) is 11.7. The third-order valence-electron chi connectivity index (χ3n) is 6.13. The summed E-state index contributed by atoms with van der Waals surface area (Å²) < 4.78 is 52.7. The molecule has 2 aliphatic rings. The number of nitrogens with zero attached hydrogens (tertiary/aromatic N) is 2. The normalized spacial score (nSPS) is 24.1. The largest absolute Gasteiger partial charge is 0.298 e. The molecule has 0 bridgehead atoms. The van der Waals surface area contributed by atoms with E-state index in [0.29, 0.717) is 18.9 Å². The van der Waals surface area contributed by atoms with Crippen molar-refractivity contribution in [2.45, 2.75) is 42.0 Å². The summed E-state index contributed by atoms with van der Waals surface area (Å²) in [7, 11) is -3.72. The first-order valence-electron chi connectivity index (χ1n) is 10.1. The molecule has 4 rings (SSSR count). The number of benzene rings is 2. The van der Waals surface area contributed by atoms with Crippen LogP contribution in [0.3, 0.4) is 0 Å². The zero-order valence-corrected chi connectivity index (χ0v) is 17.1. The number of rotatable bonds is 5. The van der Waals surface area contributed by atoms with E-state index < -0.39 is 26.7 Å². The van der Waals surface area contributed by atoms with E-state index in [2.05, 4.69) is 34.1 Å². The molecule has 2 aromatic rings. The number of piperazine rings is 1. The van der Waals surface area contributed by atoms with Crippen molar-refractivity contribution < 1.29 is 17.2 Å². The van der Waals surface area contributed by atoms with Crippen LogP contribution in [0.15, 0.2) is 53.4 Å². The summed E-state index contributed by atoms with van der Waals surface area (Å²) in [4.78, 5) is 4.56. The predicted octanol–water partition coefficient (Wildman–Crippen LogP) is 3.48. The minimum atomic E-state index is -3.72. The van der Waals surface area contributed by atoms with Gasteiger partial charge < -0.3 is 0 Å². The van der Waals surface area contributed by atoms with Gasteiger partial charge in [-0.15, -0.1) is 0 Å². The Kier molecular flexibility index (Phi) is 5.99. The van der Waals surface area contributed by atoms with Gasteiger partial charge in [0, 0.05) is 44.8 Å². The number of halogens is 2. The molecule has 1 aliphatic carbocycles. The molecule has 0 amide bonds. The van der Waals surface area contributed by atoms with Gasteiger partial charge in [-0.25, -0.2) is 17.2 Å². The first kappa shape index (κ1) is 20.4. The van der Waals surface area contributed by atoms with Gasteiger partial charge in [0.05, 0.1) is 10.1 Å². The van der Waals surface area contributed by atoms with Gasteiger partial charge in [0.2, 0.25) is 0 Å². The summed E-state index contributed by atoms with van der Waals surface area (Å²) in [5, 5.41) is -0.573. The lowest BCUT2D eigenvalue weighted by Crippen LogP contribution is -2.49. The average molecular weight is 421 g/mol. The molecule has 0 radical (unpaired) electrons. The summed E-state index contributed by atoms with van der Waals surface area (Å²) in [6.45, 7) is 4.68. The van der Waals surface area contributed by atoms with Crippen molar-refractivity contribution in [1.29, 1.82) is 0 Å². The minimum Gasteiger partial charge on any atom is -0.298 e. The number of hydrogen-bond donors (Lipinski definition) is 0. The smallest absolute Gasteiger partial charge is 0.181 e. The Morgan fingerprint density at radius 3 is 2.21 bits per heavy atom. The van der Waals surface area contributed by atoms with E-state index in [0.717, 1.165) is 51.3 Å². The van der Waals surface area contributed by atoms with Gasteiger partial charge >= 0.3 is 0 Å². The molecule has 1 saturated heterocycles. The highest BCUT2D eigenvalue weighted by Gasteiger charge is 2.38. The van der Waals surface area contributed by atoms with Crippen molar-refractivity contribution in [1.82, 2.24) is 9.80 Å². The highest BCUT2D eigenvalue weighted by Crippen LogP contribution is 2.33. The lowest BCUT2D eigenvalue weighted by molar-refractivity contribution is 0.0938. The van der Waals surface area contributed by atoms with Gasteiger partial charge in [0.25, 0.3) is 0 Å². The van der Waals surface area contributed by atoms with Crippen LogP contribution in [0.1, 0.15) is 24.8 Å². The number of hydrogen-bond acceptors (Lipinski definition) is 4. The molecule has 29 heavy (non-hydrogen) atoms. The van der Waals surface area contributed by atoms with Gasteiger partial charge in [-0.05, 0) is 37.0 Å². The Balaban J connectivity index is 1.34. The van der Waals surface area contributed by atoms with Crippen molar-refractivity contribution in [3.05, 3.63) is 65.7 Å². The maximum Gasteiger partial charge on any atom is 0.181 e. The molecule has 1 saturated carbocycles. The quantitative estimate of drug-likeness (QED) is 0.743. The molecular weight excluding hydrogens is 394 g/mol. The minimum absolute atomic E-state index is 0.215. The highest BCUT2D eigenvalue weighted by molar-refractivity contribution is 7.92. The average Bonchev–Trinajstić information content (AvgIpc) is 3.20. The molecule has 0 spiro atoms. The molecule has 2 fully saturated rings. The summed E-state index contributed by atoms with van der Waals surface area (Å²) in [5.74, 6) is -1.71. The third kappa shape index (κ3) is 4.68.